The van der Waals surface area contributed by atoms with Crippen molar-refractivity contribution >= 4 is 23.3 Å². The molecule has 1 heterocycles. The van der Waals surface area contributed by atoms with Crippen molar-refractivity contribution in [1.82, 2.24) is 9.80 Å². The van der Waals surface area contributed by atoms with E-state index in [4.69, 9.17) is 10.5 Å². The molecule has 4 fully saturated rings. The predicted octanol–water partition coefficient (Wildman–Crippen LogP) is 2.59. The minimum Gasteiger partial charge on any atom is -0.507 e. The second kappa shape index (κ2) is 10.4. The number of carbonyl (C=O) groups excluding carboxylic acids is 4. The van der Waals surface area contributed by atoms with Crippen LogP contribution in [0, 0.1) is 35.5 Å². The van der Waals surface area contributed by atoms with Crippen molar-refractivity contribution in [2.45, 2.75) is 62.9 Å². The molecule has 1 aromatic rings. The molecule has 234 valence electrons. The molecule has 8 unspecified atom stereocenters. The molecular formula is C31H38F3N3O6. The molecule has 0 radical (unpaired) electrons. The van der Waals surface area contributed by atoms with E-state index in [9.17, 15) is 37.5 Å². The number of methoxy groups -OCH3 is 1. The monoisotopic (exact) mass is 605 g/mol. The average molecular weight is 606 g/mol. The maximum atomic E-state index is 14.8. The van der Waals surface area contributed by atoms with Gasteiger partial charge in [0.15, 0.2) is 17.3 Å². The molecule has 43 heavy (non-hydrogen) atoms. The number of hydrogen-bond acceptors (Lipinski definition) is 8. The number of rotatable bonds is 5. The third kappa shape index (κ3) is 4.54. The number of primary amides is 1. The Bertz CT molecular complexity index is 1380. The molecule has 1 aromatic carbocycles. The van der Waals surface area contributed by atoms with Crippen LogP contribution in [0.5, 0.6) is 5.75 Å². The number of halogens is 3. The standard InChI is InChI=1S/C31H38F3N3O6/c1-36(2)25-20-8-16-7-18-23(27(40)22(16)28(41)30(20,43-3)10-19(26(25)39)29(35)42)21(38)9-17(24(18)31(32,33)34)13-37-11-14-5-4-6-15(14)12-37/h9,14-16,19-20,22,25,38H,4-8,10-13H2,1-3H3,(H2,35,42). The van der Waals surface area contributed by atoms with Gasteiger partial charge in [0, 0.05) is 39.1 Å². The number of likely N-dealkylation sites (tertiary alicyclic amines) is 1. The van der Waals surface area contributed by atoms with Gasteiger partial charge >= 0.3 is 6.18 Å². The fraction of sp³-hybridized carbons (Fsp3) is 0.677. The van der Waals surface area contributed by atoms with E-state index in [0.717, 1.165) is 25.3 Å². The molecule has 4 aliphatic carbocycles. The van der Waals surface area contributed by atoms with E-state index in [2.05, 4.69) is 0 Å². The summed E-state index contributed by atoms with van der Waals surface area (Å²) in [7, 11) is 4.50. The van der Waals surface area contributed by atoms with E-state index < -0.39 is 81.6 Å². The van der Waals surface area contributed by atoms with E-state index in [1.54, 1.807) is 19.0 Å². The molecular weight excluding hydrogens is 567 g/mol. The van der Waals surface area contributed by atoms with Crippen molar-refractivity contribution in [2.75, 3.05) is 34.3 Å². The predicted molar refractivity (Wildman–Crippen MR) is 147 cm³/mol. The molecule has 1 amide bonds. The highest BCUT2D eigenvalue weighted by Gasteiger charge is 2.66. The number of ether oxygens (including phenoxy) is 1. The van der Waals surface area contributed by atoms with Gasteiger partial charge in [-0.3, -0.25) is 29.0 Å². The maximum Gasteiger partial charge on any atom is 0.417 e. The quantitative estimate of drug-likeness (QED) is 0.490. The Labute approximate surface area is 247 Å². The van der Waals surface area contributed by atoms with Gasteiger partial charge in [0.1, 0.15) is 17.3 Å². The van der Waals surface area contributed by atoms with E-state index in [1.807, 2.05) is 4.90 Å². The molecule has 9 nitrogen and oxygen atoms in total. The summed E-state index contributed by atoms with van der Waals surface area (Å²) in [6.45, 7) is 1.40. The summed E-state index contributed by atoms with van der Waals surface area (Å²) in [5.41, 5.74) is 2.07. The SMILES string of the molecule is COC12CC(C(N)=O)C(=O)C(N(C)C)C1CC1Cc3c(c(O)cc(CN4CC5CCCC5C4)c3C(F)(F)F)C(=O)C1C2=O. The van der Waals surface area contributed by atoms with Crippen LogP contribution in [-0.4, -0.2) is 84.1 Å². The highest BCUT2D eigenvalue weighted by molar-refractivity contribution is 6.17. The number of benzene rings is 1. The first-order valence-electron chi connectivity index (χ1n) is 15.0. The summed E-state index contributed by atoms with van der Waals surface area (Å²) < 4.78 is 50.3. The largest absolute Gasteiger partial charge is 0.507 e. The number of nitrogens with two attached hydrogens (primary N) is 1. The molecule has 8 atom stereocenters. The van der Waals surface area contributed by atoms with Crippen LogP contribution in [0.2, 0.25) is 0 Å². The number of nitrogens with zero attached hydrogens (tertiary/aromatic N) is 2. The molecule has 0 bridgehead atoms. The molecule has 3 saturated carbocycles. The molecule has 5 aliphatic rings. The zero-order valence-electron chi connectivity index (χ0n) is 24.6. The van der Waals surface area contributed by atoms with Crippen molar-refractivity contribution in [3.05, 3.63) is 28.3 Å². The van der Waals surface area contributed by atoms with Crippen LogP contribution in [0.1, 0.15) is 59.2 Å². The van der Waals surface area contributed by atoms with E-state index in [1.165, 1.54) is 7.11 Å². The van der Waals surface area contributed by atoms with Gasteiger partial charge in [0.05, 0.1) is 23.1 Å². The van der Waals surface area contributed by atoms with E-state index in [0.29, 0.717) is 24.9 Å². The van der Waals surface area contributed by atoms with Crippen LogP contribution in [0.25, 0.3) is 0 Å². The Balaban J connectivity index is 1.43. The Kier molecular flexibility index (Phi) is 7.29. The zero-order chi connectivity index (χ0) is 31.2. The van der Waals surface area contributed by atoms with E-state index in [-0.39, 0.29) is 36.9 Å². The highest BCUT2D eigenvalue weighted by Crippen LogP contribution is 2.54. The van der Waals surface area contributed by atoms with Crippen LogP contribution in [-0.2, 0) is 38.3 Å². The number of phenolic OH excluding ortho intramolecular Hbond substituents is 1. The first-order chi connectivity index (χ1) is 20.2. The number of aromatic hydroxyl groups is 1. The Morgan fingerprint density at radius 1 is 1.16 bits per heavy atom. The van der Waals surface area contributed by atoms with Gasteiger partial charge in [0.25, 0.3) is 0 Å². The first kappa shape index (κ1) is 30.2. The summed E-state index contributed by atoms with van der Waals surface area (Å²) in [5, 5.41) is 11.1. The number of phenols is 1. The van der Waals surface area contributed by atoms with Crippen LogP contribution in [0.3, 0.4) is 0 Å². The molecule has 1 saturated heterocycles. The van der Waals surface area contributed by atoms with Crippen molar-refractivity contribution in [3.8, 4) is 5.75 Å². The summed E-state index contributed by atoms with van der Waals surface area (Å²) in [6, 6.07) is 0.0738. The summed E-state index contributed by atoms with van der Waals surface area (Å²) in [6.07, 6.45) is -2.09. The lowest BCUT2D eigenvalue weighted by atomic mass is 9.52. The number of likely N-dealkylation sites (N-methyl/N-ethyl adjacent to an activating group) is 1. The Morgan fingerprint density at radius 2 is 1.81 bits per heavy atom. The second-order valence-corrected chi connectivity index (χ2v) is 13.5. The van der Waals surface area contributed by atoms with Crippen molar-refractivity contribution in [2.24, 2.45) is 41.2 Å². The highest BCUT2D eigenvalue weighted by atomic mass is 19.4. The lowest BCUT2D eigenvalue weighted by Gasteiger charge is -2.55. The van der Waals surface area contributed by atoms with Crippen LogP contribution >= 0.6 is 0 Å². The van der Waals surface area contributed by atoms with Gasteiger partial charge in [-0.05, 0) is 74.7 Å². The van der Waals surface area contributed by atoms with Crippen molar-refractivity contribution < 1.29 is 42.2 Å². The summed E-state index contributed by atoms with van der Waals surface area (Å²) >= 11 is 0. The number of amides is 1. The number of ketones is 3. The summed E-state index contributed by atoms with van der Waals surface area (Å²) in [5.74, 6) is -6.96. The topological polar surface area (TPSA) is 130 Å². The molecule has 12 heteroatoms. The first-order valence-corrected chi connectivity index (χ1v) is 15.0. The molecule has 3 N–H and O–H groups in total. The molecule has 0 aromatic heterocycles. The number of Topliss-reactive ketones (excluding diaryl/α,β-unsaturated/α-hetero) is 3. The van der Waals surface area contributed by atoms with Crippen molar-refractivity contribution in [1.29, 1.82) is 0 Å². The van der Waals surface area contributed by atoms with Gasteiger partial charge in [-0.15, -0.1) is 0 Å². The third-order valence-electron chi connectivity index (χ3n) is 11.1. The number of alkyl halides is 3. The van der Waals surface area contributed by atoms with Gasteiger partial charge < -0.3 is 15.6 Å². The fourth-order valence-corrected chi connectivity index (χ4v) is 9.34. The fourth-order valence-electron chi connectivity index (χ4n) is 9.34. The van der Waals surface area contributed by atoms with Crippen LogP contribution < -0.4 is 5.73 Å². The average Bonchev–Trinajstić information content (AvgIpc) is 3.49. The maximum absolute atomic E-state index is 14.8. The normalized spacial score (nSPS) is 36.0. The van der Waals surface area contributed by atoms with Crippen LogP contribution in [0.4, 0.5) is 13.2 Å². The summed E-state index contributed by atoms with van der Waals surface area (Å²) in [4.78, 5) is 57.5. The third-order valence-corrected chi connectivity index (χ3v) is 11.1. The Morgan fingerprint density at radius 3 is 2.37 bits per heavy atom. The van der Waals surface area contributed by atoms with Gasteiger partial charge in [-0.2, -0.15) is 13.2 Å². The lowest BCUT2D eigenvalue weighted by Crippen LogP contribution is -2.70. The molecule has 6 rings (SSSR count). The minimum atomic E-state index is -4.80. The Hall–Kier alpha value is -2.83. The van der Waals surface area contributed by atoms with Gasteiger partial charge in [-0.1, -0.05) is 6.42 Å². The van der Waals surface area contributed by atoms with Gasteiger partial charge in [0.2, 0.25) is 5.91 Å². The molecule has 1 aliphatic heterocycles. The van der Waals surface area contributed by atoms with E-state index >= 15 is 0 Å². The molecule has 0 spiro atoms. The number of carbonyl (C=O) groups is 4. The number of hydrogen-bond donors (Lipinski definition) is 2. The number of fused-ring (bicyclic) bond motifs is 4. The smallest absolute Gasteiger partial charge is 0.417 e. The van der Waals surface area contributed by atoms with Crippen molar-refractivity contribution in [3.63, 3.8) is 0 Å². The zero-order valence-corrected chi connectivity index (χ0v) is 24.6. The van der Waals surface area contributed by atoms with Crippen LogP contribution in [0.15, 0.2) is 6.07 Å². The minimum absolute atomic E-state index is 0.00498. The lowest BCUT2D eigenvalue weighted by molar-refractivity contribution is -0.182. The van der Waals surface area contributed by atoms with Gasteiger partial charge in [-0.25, -0.2) is 0 Å². The second-order valence-electron chi connectivity index (χ2n) is 13.5.